The van der Waals surface area contributed by atoms with Gasteiger partial charge in [0.2, 0.25) is 0 Å². The van der Waals surface area contributed by atoms with E-state index in [1.165, 1.54) is 12.8 Å². The van der Waals surface area contributed by atoms with Gasteiger partial charge >= 0.3 is 6.03 Å². The Kier molecular flexibility index (Phi) is 4.60. The number of para-hydroxylation sites is 1. The minimum absolute atomic E-state index is 0.0479. The van der Waals surface area contributed by atoms with Gasteiger partial charge in [0.15, 0.2) is 0 Å². The number of carbonyl (C=O) groups is 1. The number of amides is 2. The Morgan fingerprint density at radius 1 is 1.29 bits per heavy atom. The highest BCUT2D eigenvalue weighted by molar-refractivity contribution is 5.74. The predicted octanol–water partition coefficient (Wildman–Crippen LogP) is 1.39. The second-order valence-corrected chi connectivity index (χ2v) is 5.77. The van der Waals surface area contributed by atoms with Gasteiger partial charge in [-0.25, -0.2) is 4.79 Å². The van der Waals surface area contributed by atoms with E-state index in [1.54, 1.807) is 0 Å². The van der Waals surface area contributed by atoms with Crippen molar-refractivity contribution in [2.75, 3.05) is 32.8 Å². The second kappa shape index (κ2) is 6.80. The zero-order valence-electron chi connectivity index (χ0n) is 12.3. The number of nitrogens with zero attached hydrogens (tertiary/aromatic N) is 1. The summed E-state index contributed by atoms with van der Waals surface area (Å²) >= 11 is 0. The smallest absolute Gasteiger partial charge is 0.315 e. The van der Waals surface area contributed by atoms with Crippen molar-refractivity contribution in [3.8, 4) is 5.75 Å². The van der Waals surface area contributed by atoms with E-state index in [2.05, 4.69) is 21.6 Å². The van der Waals surface area contributed by atoms with Crippen LogP contribution in [0.4, 0.5) is 4.79 Å². The number of urea groups is 1. The summed E-state index contributed by atoms with van der Waals surface area (Å²) in [5.74, 6) is 0.935. The van der Waals surface area contributed by atoms with Gasteiger partial charge in [-0.3, -0.25) is 0 Å². The van der Waals surface area contributed by atoms with Crippen LogP contribution in [0.1, 0.15) is 18.4 Å². The van der Waals surface area contributed by atoms with Crippen molar-refractivity contribution in [1.29, 1.82) is 0 Å². The lowest BCUT2D eigenvalue weighted by Gasteiger charge is -2.26. The number of nitrogens with one attached hydrogen (secondary N) is 2. The highest BCUT2D eigenvalue weighted by atomic mass is 16.5. The quantitative estimate of drug-likeness (QED) is 0.880. The number of fused-ring (bicyclic) bond motifs is 1. The molecule has 1 fully saturated rings. The molecule has 5 heteroatoms. The molecular weight excluding hydrogens is 266 g/mol. The fourth-order valence-corrected chi connectivity index (χ4v) is 2.99. The minimum atomic E-state index is -0.0952. The van der Waals surface area contributed by atoms with Crippen molar-refractivity contribution in [3.63, 3.8) is 0 Å². The molecule has 3 rings (SSSR count). The van der Waals surface area contributed by atoms with Crippen LogP contribution in [0.5, 0.6) is 5.75 Å². The fourth-order valence-electron chi connectivity index (χ4n) is 2.99. The lowest BCUT2D eigenvalue weighted by molar-refractivity contribution is 0.213. The van der Waals surface area contributed by atoms with Gasteiger partial charge in [0.25, 0.3) is 0 Å². The van der Waals surface area contributed by atoms with Crippen LogP contribution in [0.2, 0.25) is 0 Å². The molecule has 1 saturated heterocycles. The summed E-state index contributed by atoms with van der Waals surface area (Å²) < 4.78 is 5.67. The van der Waals surface area contributed by atoms with Crippen LogP contribution in [0.15, 0.2) is 24.3 Å². The summed E-state index contributed by atoms with van der Waals surface area (Å²) in [6, 6.07) is 7.95. The van der Waals surface area contributed by atoms with Crippen LogP contribution in [0.3, 0.4) is 0 Å². The molecule has 0 aromatic heterocycles. The fraction of sp³-hybridized carbons (Fsp3) is 0.562. The molecule has 1 aromatic rings. The van der Waals surface area contributed by atoms with Crippen LogP contribution < -0.4 is 15.4 Å². The first-order chi connectivity index (χ1) is 10.3. The van der Waals surface area contributed by atoms with E-state index in [0.717, 1.165) is 37.4 Å². The maximum absolute atomic E-state index is 11.9. The molecule has 1 aromatic carbocycles. The number of hydrogen-bond acceptors (Lipinski definition) is 3. The Labute approximate surface area is 125 Å². The number of ether oxygens (including phenoxy) is 1. The first-order valence-electron chi connectivity index (χ1n) is 7.79. The van der Waals surface area contributed by atoms with E-state index in [9.17, 15) is 4.79 Å². The van der Waals surface area contributed by atoms with E-state index in [0.29, 0.717) is 13.2 Å². The third kappa shape index (κ3) is 3.88. The Balaban J connectivity index is 1.39. The number of rotatable bonds is 4. The van der Waals surface area contributed by atoms with Crippen molar-refractivity contribution >= 4 is 6.03 Å². The molecule has 0 spiro atoms. The van der Waals surface area contributed by atoms with Gasteiger partial charge < -0.3 is 20.3 Å². The highest BCUT2D eigenvalue weighted by Gasteiger charge is 2.21. The molecule has 1 atom stereocenters. The molecule has 21 heavy (non-hydrogen) atoms. The summed E-state index contributed by atoms with van der Waals surface area (Å²) in [7, 11) is 0. The SMILES string of the molecule is O=C(NCCN1CCCC1)NC1COc2ccccc2C1. The Morgan fingerprint density at radius 3 is 2.95 bits per heavy atom. The van der Waals surface area contributed by atoms with Crippen LogP contribution in [0.25, 0.3) is 0 Å². The minimum Gasteiger partial charge on any atom is -0.491 e. The molecule has 2 aliphatic rings. The molecule has 0 aliphatic carbocycles. The third-order valence-corrected chi connectivity index (χ3v) is 4.13. The van der Waals surface area contributed by atoms with Gasteiger partial charge in [0.1, 0.15) is 12.4 Å². The third-order valence-electron chi connectivity index (χ3n) is 4.13. The lowest BCUT2D eigenvalue weighted by Crippen LogP contribution is -2.48. The number of benzene rings is 1. The Bertz CT molecular complexity index is 486. The molecule has 2 amide bonds. The molecule has 2 heterocycles. The molecular formula is C16H23N3O2. The van der Waals surface area contributed by atoms with Crippen molar-refractivity contribution in [2.24, 2.45) is 0 Å². The zero-order valence-corrected chi connectivity index (χ0v) is 12.3. The van der Waals surface area contributed by atoms with Crippen molar-refractivity contribution in [3.05, 3.63) is 29.8 Å². The summed E-state index contributed by atoms with van der Waals surface area (Å²) in [5.41, 5.74) is 1.16. The summed E-state index contributed by atoms with van der Waals surface area (Å²) in [4.78, 5) is 14.3. The van der Waals surface area contributed by atoms with Gasteiger partial charge in [-0.15, -0.1) is 0 Å². The zero-order chi connectivity index (χ0) is 14.5. The second-order valence-electron chi connectivity index (χ2n) is 5.77. The molecule has 1 unspecified atom stereocenters. The van der Waals surface area contributed by atoms with E-state index in [1.807, 2.05) is 18.2 Å². The normalized spacial score (nSPS) is 21.4. The van der Waals surface area contributed by atoms with Gasteiger partial charge in [-0.1, -0.05) is 18.2 Å². The van der Waals surface area contributed by atoms with Crippen LogP contribution in [-0.2, 0) is 6.42 Å². The summed E-state index contributed by atoms with van der Waals surface area (Å²) in [5, 5.41) is 5.93. The van der Waals surface area contributed by atoms with E-state index >= 15 is 0 Å². The van der Waals surface area contributed by atoms with Crippen LogP contribution in [0, 0.1) is 0 Å². The molecule has 2 N–H and O–H groups in total. The summed E-state index contributed by atoms with van der Waals surface area (Å²) in [6.07, 6.45) is 3.39. The van der Waals surface area contributed by atoms with Crippen molar-refractivity contribution in [1.82, 2.24) is 15.5 Å². The topological polar surface area (TPSA) is 53.6 Å². The summed E-state index contributed by atoms with van der Waals surface area (Å²) in [6.45, 7) is 4.51. The van der Waals surface area contributed by atoms with Gasteiger partial charge in [0.05, 0.1) is 6.04 Å². The van der Waals surface area contributed by atoms with Crippen molar-refractivity contribution in [2.45, 2.75) is 25.3 Å². The predicted molar refractivity (Wildman–Crippen MR) is 81.6 cm³/mol. The van der Waals surface area contributed by atoms with Gasteiger partial charge in [-0.2, -0.15) is 0 Å². The number of hydrogen-bond donors (Lipinski definition) is 2. The Hall–Kier alpha value is -1.75. The first-order valence-corrected chi connectivity index (χ1v) is 7.79. The van der Waals surface area contributed by atoms with E-state index in [4.69, 9.17) is 4.74 Å². The van der Waals surface area contributed by atoms with Crippen molar-refractivity contribution < 1.29 is 9.53 Å². The molecule has 5 nitrogen and oxygen atoms in total. The average molecular weight is 289 g/mol. The van der Waals surface area contributed by atoms with Crippen LogP contribution >= 0.6 is 0 Å². The molecule has 0 bridgehead atoms. The van der Waals surface area contributed by atoms with Gasteiger partial charge in [-0.05, 0) is 44.0 Å². The average Bonchev–Trinajstić information content (AvgIpc) is 3.00. The standard InChI is InChI=1S/C16H23N3O2/c20-16(17-7-10-19-8-3-4-9-19)18-14-11-13-5-1-2-6-15(13)21-12-14/h1-2,5-6,14H,3-4,7-12H2,(H2,17,18,20). The largest absolute Gasteiger partial charge is 0.491 e. The van der Waals surface area contributed by atoms with E-state index < -0.39 is 0 Å². The molecule has 0 saturated carbocycles. The maximum atomic E-state index is 11.9. The Morgan fingerprint density at radius 2 is 2.10 bits per heavy atom. The van der Waals surface area contributed by atoms with Gasteiger partial charge in [0, 0.05) is 13.1 Å². The highest BCUT2D eigenvalue weighted by Crippen LogP contribution is 2.23. The molecule has 2 aliphatic heterocycles. The monoisotopic (exact) mass is 289 g/mol. The number of carbonyl (C=O) groups excluding carboxylic acids is 1. The number of likely N-dealkylation sites (tertiary alicyclic amines) is 1. The lowest BCUT2D eigenvalue weighted by atomic mass is 10.0. The van der Waals surface area contributed by atoms with E-state index in [-0.39, 0.29) is 12.1 Å². The van der Waals surface area contributed by atoms with Crippen LogP contribution in [-0.4, -0.2) is 49.8 Å². The maximum Gasteiger partial charge on any atom is 0.315 e. The molecule has 0 radical (unpaired) electrons. The molecule has 114 valence electrons. The first kappa shape index (κ1) is 14.2.